The van der Waals surface area contributed by atoms with E-state index in [1.165, 1.54) is 155 Å². The standard InChI is InChI=1S/C23H20N6O3.2C21H19N5O3.C18H21N5O3.C17H19N5O3S/c30-21(14-28-22(31)15-5-7-24-8-6-15)19(29-23(32)20-13-25-9-10-26-20)11-16-12-27-18-4-2-1-3-17(16)18;2*27-19(14-25-20(28)16-6-8-22-9-7-16)17(12-15-4-2-1-3-5-15)26-21(29)18-13-23-10-11-24-18;1-3-12(2)16(23-18(26)14-10-20-8-9-21-14)15(24)11-22-17(25)13-4-6-19-7-5-13;1-26-9-4-13(22-17(25)14-10-19-7-8-20-14)15(23)11-21-16(24)12-2-5-18-6-3-12/h1-10,12-13,19,27H,11,14H2,(H,28,31)(H,29,32);2*1-11,13,17H,12,14H2,(H,25,28)(H,26,29);4-10,12,16H,3,11H2,1-2H3,(H,22,25)(H,23,26);2-3,5-8,10,13H,4,9,11H2,1H3,(H,21,24)(H,22,25)/t19-;17-;;;13-/m00..0/s1. The molecule has 724 valence electrons. The number of fused-ring (bicyclic) bond motifs is 1. The Morgan fingerprint density at radius 1 is 0.296 bits per heavy atom. The zero-order chi connectivity index (χ0) is 101. The van der Waals surface area contributed by atoms with Crippen LogP contribution in [-0.4, -0.2) is 243 Å². The Morgan fingerprint density at radius 2 is 0.570 bits per heavy atom. The molecule has 41 nitrogen and oxygen atoms in total. The lowest BCUT2D eigenvalue weighted by Gasteiger charge is -2.23. The highest BCUT2D eigenvalue weighted by Crippen LogP contribution is 2.21. The molecule has 0 spiro atoms. The third kappa shape index (κ3) is 35.1. The van der Waals surface area contributed by atoms with Gasteiger partial charge in [0, 0.05) is 175 Å². The average Bonchev–Trinajstić information content (AvgIpc) is 1.67. The molecule has 42 heteroatoms. The largest absolute Gasteiger partial charge is 0.361 e. The molecule has 0 saturated carbocycles. The SMILES string of the molecule is CCC(C)C(NC(=O)c1cnccn1)C(=O)CNC(=O)c1ccncc1.CSCC[C@H](NC(=O)c1cnccn1)C(=O)CNC(=O)c1ccncc1.O=C(NCC(=O)C(Cc1ccccc1)NC(=O)c1cnccn1)c1ccncc1.O=C(NCC(=O)[C@H](Cc1c[nH]c2ccccc12)NC(=O)c1cnccn1)c1ccncc1.O=C(NCC(=O)[C@H](Cc1ccccc1)NC(=O)c1cnccn1)c1ccncc1. The summed E-state index contributed by atoms with van der Waals surface area (Å²) >= 11 is 1.57. The molecule has 0 bridgehead atoms. The first kappa shape index (κ1) is 106. The Kier molecular flexibility index (Phi) is 42.9. The lowest BCUT2D eigenvalue weighted by Crippen LogP contribution is -2.49. The highest BCUT2D eigenvalue weighted by molar-refractivity contribution is 7.98. The van der Waals surface area contributed by atoms with E-state index >= 15 is 0 Å². The van der Waals surface area contributed by atoms with Crippen LogP contribution in [0.5, 0.6) is 0 Å². The first-order valence-corrected chi connectivity index (χ1v) is 45.4. The Labute approximate surface area is 817 Å². The van der Waals surface area contributed by atoms with Gasteiger partial charge in [-0.15, -0.1) is 0 Å². The highest BCUT2D eigenvalue weighted by Gasteiger charge is 2.31. The van der Waals surface area contributed by atoms with Gasteiger partial charge in [-0.05, 0) is 121 Å². The van der Waals surface area contributed by atoms with Crippen LogP contribution in [0.2, 0.25) is 0 Å². The first-order valence-electron chi connectivity index (χ1n) is 44.0. The van der Waals surface area contributed by atoms with Crippen molar-refractivity contribution in [2.45, 2.75) is 76.2 Å². The second-order valence-electron chi connectivity index (χ2n) is 30.5. The predicted molar refractivity (Wildman–Crippen MR) is 519 cm³/mol. The summed E-state index contributed by atoms with van der Waals surface area (Å²) in [6, 6.07) is 37.9. The van der Waals surface area contributed by atoms with Crippen LogP contribution in [0.25, 0.3) is 10.9 Å². The molecule has 6 atom stereocenters. The summed E-state index contributed by atoms with van der Waals surface area (Å²) in [7, 11) is 0. The van der Waals surface area contributed by atoms with Gasteiger partial charge >= 0.3 is 0 Å². The molecule has 11 N–H and O–H groups in total. The zero-order valence-corrected chi connectivity index (χ0v) is 77.7. The average molecular weight is 1940 g/mol. The Morgan fingerprint density at radius 3 is 0.866 bits per heavy atom. The van der Waals surface area contributed by atoms with Crippen molar-refractivity contribution in [3.63, 3.8) is 0 Å². The zero-order valence-electron chi connectivity index (χ0n) is 76.8. The number of hydrogen-bond acceptors (Lipinski definition) is 31. The monoisotopic (exact) mass is 1930 g/mol. The van der Waals surface area contributed by atoms with Crippen molar-refractivity contribution < 1.29 is 71.9 Å². The molecule has 11 heterocycles. The van der Waals surface area contributed by atoms with Crippen LogP contribution in [0.3, 0.4) is 0 Å². The number of carbonyl (C=O) groups excluding carboxylic acids is 15. The maximum atomic E-state index is 13.0. The lowest BCUT2D eigenvalue weighted by atomic mass is 9.95. The van der Waals surface area contributed by atoms with Crippen LogP contribution in [0.1, 0.15) is 148 Å². The van der Waals surface area contributed by atoms with Crippen LogP contribution in [0, 0.1) is 5.92 Å². The molecule has 0 saturated heterocycles. The van der Waals surface area contributed by atoms with Gasteiger partial charge in [-0.2, -0.15) is 11.8 Å². The fourth-order valence-electron chi connectivity index (χ4n) is 13.0. The van der Waals surface area contributed by atoms with Gasteiger partial charge in [0.2, 0.25) is 0 Å². The first-order chi connectivity index (χ1) is 69.0. The highest BCUT2D eigenvalue weighted by atomic mass is 32.2. The number of amides is 10. The second-order valence-corrected chi connectivity index (χ2v) is 31.5. The number of H-pyrrole nitrogens is 1. The number of nitrogens with zero attached hydrogens (tertiary/aromatic N) is 15. The van der Waals surface area contributed by atoms with Crippen LogP contribution in [-0.2, 0) is 43.2 Å². The molecule has 0 fully saturated rings. The van der Waals surface area contributed by atoms with Gasteiger partial charge in [-0.25, -0.2) is 24.9 Å². The number of aromatic amines is 1. The molecule has 0 aliphatic carbocycles. The van der Waals surface area contributed by atoms with Crippen LogP contribution >= 0.6 is 11.8 Å². The van der Waals surface area contributed by atoms with E-state index in [2.05, 4.69) is 133 Å². The van der Waals surface area contributed by atoms with Crippen LogP contribution in [0.4, 0.5) is 0 Å². The van der Waals surface area contributed by atoms with E-state index in [9.17, 15) is 71.9 Å². The molecule has 3 unspecified atom stereocenters. The van der Waals surface area contributed by atoms with E-state index in [-0.39, 0.29) is 139 Å². The van der Waals surface area contributed by atoms with E-state index in [4.69, 9.17) is 0 Å². The summed E-state index contributed by atoms with van der Waals surface area (Å²) in [5.41, 5.74) is 6.17. The minimum absolute atomic E-state index is 0.0963. The maximum Gasteiger partial charge on any atom is 0.272 e. The van der Waals surface area contributed by atoms with Gasteiger partial charge < -0.3 is 58.2 Å². The van der Waals surface area contributed by atoms with Crippen molar-refractivity contribution >= 4 is 111 Å². The van der Waals surface area contributed by atoms with E-state index in [0.29, 0.717) is 46.4 Å². The third-order valence-corrected chi connectivity index (χ3v) is 21.3. The molecule has 10 amide bonds. The predicted octanol–water partition coefficient (Wildman–Crippen LogP) is 5.85. The van der Waals surface area contributed by atoms with E-state index in [1.807, 2.05) is 111 Å². The molecule has 14 rings (SSSR count). The van der Waals surface area contributed by atoms with E-state index < -0.39 is 65.7 Å². The maximum absolute atomic E-state index is 13.0. The van der Waals surface area contributed by atoms with Crippen molar-refractivity contribution in [2.24, 2.45) is 5.92 Å². The van der Waals surface area contributed by atoms with Gasteiger partial charge in [-0.1, -0.05) is 99.1 Å². The number of ketones is 5. The van der Waals surface area contributed by atoms with Gasteiger partial charge in [0.25, 0.3) is 59.1 Å². The number of carbonyl (C=O) groups is 15. The molecule has 0 aliphatic heterocycles. The molecule has 14 aromatic rings. The Hall–Kier alpha value is -18.3. The number of Topliss-reactive ketones (excluding diaryl/α,β-unsaturated/α-hetero) is 5. The summed E-state index contributed by atoms with van der Waals surface area (Å²) in [4.78, 5) is 248. The van der Waals surface area contributed by atoms with Crippen LogP contribution < -0.4 is 53.2 Å². The number of para-hydroxylation sites is 1. The number of benzene rings is 3. The molecule has 0 radical (unpaired) electrons. The summed E-state index contributed by atoms with van der Waals surface area (Å²) in [5, 5.41) is 27.4. The van der Waals surface area contributed by atoms with Crippen molar-refractivity contribution in [3.8, 4) is 0 Å². The topological polar surface area (TPSA) is 585 Å². The number of nitrogens with one attached hydrogen (secondary N) is 11. The number of thioether (sulfide) groups is 1. The summed E-state index contributed by atoms with van der Waals surface area (Å²) in [6.07, 6.45) is 41.6. The molecule has 11 aromatic heterocycles. The smallest absolute Gasteiger partial charge is 0.272 e. The number of pyridine rings is 5. The minimum Gasteiger partial charge on any atom is -0.361 e. The molecule has 3 aromatic carbocycles. The van der Waals surface area contributed by atoms with Crippen molar-refractivity contribution in [3.05, 3.63) is 380 Å². The summed E-state index contributed by atoms with van der Waals surface area (Å²) < 4.78 is 0. The third-order valence-electron chi connectivity index (χ3n) is 20.7. The lowest BCUT2D eigenvalue weighted by molar-refractivity contribution is -0.121. The van der Waals surface area contributed by atoms with E-state index in [1.54, 1.807) is 72.4 Å². The van der Waals surface area contributed by atoms with Gasteiger partial charge in [0.05, 0.1) is 93.9 Å². The van der Waals surface area contributed by atoms with Gasteiger partial charge in [-0.3, -0.25) is 122 Å². The van der Waals surface area contributed by atoms with Crippen molar-refractivity contribution in [1.29, 1.82) is 0 Å². The van der Waals surface area contributed by atoms with Crippen molar-refractivity contribution in [1.82, 2.24) is 133 Å². The summed E-state index contributed by atoms with van der Waals surface area (Å²) in [5.74, 6) is -5.35. The normalized spacial score (nSPS) is 11.7. The van der Waals surface area contributed by atoms with Gasteiger partial charge in [0.15, 0.2) is 28.9 Å². The quantitative estimate of drug-likeness (QED) is 0.0214. The summed E-state index contributed by atoms with van der Waals surface area (Å²) in [6.45, 7) is 2.74. The van der Waals surface area contributed by atoms with Crippen molar-refractivity contribution in [2.75, 3.05) is 44.7 Å². The molecular formula is C100H98N26O15S. The Bertz CT molecular complexity index is 6310. The fourth-order valence-corrected chi connectivity index (χ4v) is 13.4. The molecular weight excluding hydrogens is 1840 g/mol. The number of hydrogen-bond donors (Lipinski definition) is 11. The minimum atomic E-state index is -0.874. The Balaban J connectivity index is 0.000000183. The molecule has 0 aliphatic rings. The fraction of sp³-hybridized carbons (Fsp3) is 0.200. The van der Waals surface area contributed by atoms with Gasteiger partial charge in [0.1, 0.15) is 28.5 Å². The van der Waals surface area contributed by atoms with Crippen LogP contribution in [0.15, 0.2) is 307 Å². The number of rotatable bonds is 41. The number of aromatic nitrogens is 16. The van der Waals surface area contributed by atoms with E-state index in [0.717, 1.165) is 27.6 Å². The second kappa shape index (κ2) is 57.6. The molecule has 142 heavy (non-hydrogen) atoms.